The summed E-state index contributed by atoms with van der Waals surface area (Å²) in [4.78, 5) is 11.7. The molecule has 2 rings (SSSR count). The van der Waals surface area contributed by atoms with Crippen molar-refractivity contribution < 1.29 is 9.53 Å². The van der Waals surface area contributed by atoms with Crippen LogP contribution in [0, 0.1) is 17.8 Å². The van der Waals surface area contributed by atoms with Gasteiger partial charge < -0.3 is 10.1 Å². The molecule has 3 nitrogen and oxygen atoms in total. The second kappa shape index (κ2) is 4.52. The van der Waals surface area contributed by atoms with Crippen molar-refractivity contribution in [3.05, 3.63) is 0 Å². The Morgan fingerprint density at radius 1 is 1.47 bits per heavy atom. The number of nitrogens with one attached hydrogen (secondary N) is 1. The first-order valence-electron chi connectivity index (χ1n) is 6.02. The average Bonchev–Trinajstić information content (AvgIpc) is 3.03. The molecule has 1 N–H and O–H groups in total. The van der Waals surface area contributed by atoms with E-state index in [1.54, 1.807) is 0 Å². The third-order valence-corrected chi connectivity index (χ3v) is 3.66. The van der Waals surface area contributed by atoms with Crippen LogP contribution < -0.4 is 5.32 Å². The van der Waals surface area contributed by atoms with Gasteiger partial charge in [-0.2, -0.15) is 0 Å². The molecule has 1 aliphatic heterocycles. The molecule has 0 bridgehead atoms. The van der Waals surface area contributed by atoms with Gasteiger partial charge >= 0.3 is 5.97 Å². The van der Waals surface area contributed by atoms with E-state index in [1.807, 2.05) is 0 Å². The highest BCUT2D eigenvalue weighted by Crippen LogP contribution is 2.37. The number of carbonyl (C=O) groups excluding carboxylic acids is 1. The average molecular weight is 211 g/mol. The number of rotatable bonds is 3. The molecule has 2 aliphatic rings. The Kier molecular flexibility index (Phi) is 3.29. The fourth-order valence-electron chi connectivity index (χ4n) is 2.55. The highest BCUT2D eigenvalue weighted by atomic mass is 16.5. The predicted octanol–water partition coefficient (Wildman–Crippen LogP) is 1.57. The van der Waals surface area contributed by atoms with Gasteiger partial charge in [0, 0.05) is 6.04 Å². The van der Waals surface area contributed by atoms with Gasteiger partial charge in [0.2, 0.25) is 0 Å². The summed E-state index contributed by atoms with van der Waals surface area (Å²) in [5, 5.41) is 3.50. The molecule has 15 heavy (non-hydrogen) atoms. The Morgan fingerprint density at radius 2 is 2.20 bits per heavy atom. The minimum Gasteiger partial charge on any atom is -0.469 e. The van der Waals surface area contributed by atoms with Crippen molar-refractivity contribution in [1.82, 2.24) is 5.32 Å². The molecule has 0 amide bonds. The number of esters is 1. The van der Waals surface area contributed by atoms with E-state index in [-0.39, 0.29) is 11.9 Å². The van der Waals surface area contributed by atoms with Gasteiger partial charge in [0.25, 0.3) is 0 Å². The summed E-state index contributed by atoms with van der Waals surface area (Å²) in [5.41, 5.74) is 0. The molecule has 0 aromatic carbocycles. The maximum atomic E-state index is 11.7. The van der Waals surface area contributed by atoms with Crippen molar-refractivity contribution in [1.29, 1.82) is 0 Å². The Labute approximate surface area is 91.6 Å². The molecule has 1 aliphatic carbocycles. The SMILES string of the molecule is COC(=O)C1CC(C)CNC1CC1CC1. The molecule has 3 heteroatoms. The first-order valence-corrected chi connectivity index (χ1v) is 6.02. The molecule has 2 fully saturated rings. The molecule has 1 heterocycles. The largest absolute Gasteiger partial charge is 0.469 e. The van der Waals surface area contributed by atoms with E-state index in [4.69, 9.17) is 4.74 Å². The van der Waals surface area contributed by atoms with Crippen LogP contribution in [0.15, 0.2) is 0 Å². The van der Waals surface area contributed by atoms with Crippen LogP contribution in [0.4, 0.5) is 0 Å². The lowest BCUT2D eigenvalue weighted by Crippen LogP contribution is -2.48. The minimum absolute atomic E-state index is 0.0281. The highest BCUT2D eigenvalue weighted by molar-refractivity contribution is 5.73. The zero-order valence-electron chi connectivity index (χ0n) is 9.66. The van der Waals surface area contributed by atoms with Crippen LogP contribution in [0.2, 0.25) is 0 Å². The van der Waals surface area contributed by atoms with E-state index < -0.39 is 0 Å². The van der Waals surface area contributed by atoms with Crippen LogP contribution in [0.1, 0.15) is 32.6 Å². The Morgan fingerprint density at radius 3 is 2.80 bits per heavy atom. The molecule has 3 atom stereocenters. The number of piperidine rings is 1. The number of hydrogen-bond acceptors (Lipinski definition) is 3. The van der Waals surface area contributed by atoms with Crippen LogP contribution in [-0.2, 0) is 9.53 Å². The summed E-state index contributed by atoms with van der Waals surface area (Å²) in [5.74, 6) is 1.51. The molecule has 3 unspecified atom stereocenters. The van der Waals surface area contributed by atoms with E-state index in [2.05, 4.69) is 12.2 Å². The summed E-state index contributed by atoms with van der Waals surface area (Å²) < 4.78 is 4.89. The number of hydrogen-bond donors (Lipinski definition) is 1. The van der Waals surface area contributed by atoms with Gasteiger partial charge in [-0.3, -0.25) is 4.79 Å². The number of ether oxygens (including phenoxy) is 1. The zero-order chi connectivity index (χ0) is 10.8. The van der Waals surface area contributed by atoms with Gasteiger partial charge in [-0.1, -0.05) is 19.8 Å². The topological polar surface area (TPSA) is 38.3 Å². The van der Waals surface area contributed by atoms with Gasteiger partial charge in [0.15, 0.2) is 0 Å². The molecule has 0 spiro atoms. The Balaban J connectivity index is 1.95. The van der Waals surface area contributed by atoms with E-state index in [0.29, 0.717) is 12.0 Å². The fraction of sp³-hybridized carbons (Fsp3) is 0.917. The summed E-state index contributed by atoms with van der Waals surface area (Å²) >= 11 is 0. The van der Waals surface area contributed by atoms with Crippen LogP contribution in [0.3, 0.4) is 0 Å². The minimum atomic E-state index is -0.0281. The summed E-state index contributed by atoms with van der Waals surface area (Å²) in [6, 6.07) is 0.362. The van der Waals surface area contributed by atoms with E-state index in [9.17, 15) is 4.79 Å². The van der Waals surface area contributed by atoms with Gasteiger partial charge in [0.1, 0.15) is 0 Å². The first kappa shape index (κ1) is 10.9. The molecule has 1 saturated carbocycles. The Hall–Kier alpha value is -0.570. The van der Waals surface area contributed by atoms with Crippen LogP contribution in [-0.4, -0.2) is 25.7 Å². The molecule has 0 aromatic rings. The van der Waals surface area contributed by atoms with Crippen molar-refractivity contribution in [3.8, 4) is 0 Å². The molecule has 86 valence electrons. The second-order valence-corrected chi connectivity index (χ2v) is 5.16. The first-order chi connectivity index (χ1) is 7.20. The van der Waals surface area contributed by atoms with E-state index >= 15 is 0 Å². The van der Waals surface area contributed by atoms with E-state index in [1.165, 1.54) is 20.0 Å². The smallest absolute Gasteiger partial charge is 0.310 e. The lowest BCUT2D eigenvalue weighted by Gasteiger charge is -2.34. The summed E-state index contributed by atoms with van der Waals surface area (Å²) in [6.07, 6.45) is 4.84. The van der Waals surface area contributed by atoms with Crippen molar-refractivity contribution in [2.75, 3.05) is 13.7 Å². The normalized spacial score (nSPS) is 36.3. The standard InChI is InChI=1S/C12H21NO2/c1-8-5-10(12(14)15-2)11(13-7-8)6-9-3-4-9/h8-11,13H,3-7H2,1-2H3. The third kappa shape index (κ3) is 2.71. The maximum absolute atomic E-state index is 11.7. The quantitative estimate of drug-likeness (QED) is 0.720. The van der Waals surface area contributed by atoms with Crippen molar-refractivity contribution in [3.63, 3.8) is 0 Å². The van der Waals surface area contributed by atoms with Gasteiger partial charge in [-0.15, -0.1) is 0 Å². The zero-order valence-corrected chi connectivity index (χ0v) is 9.66. The maximum Gasteiger partial charge on any atom is 0.310 e. The van der Waals surface area contributed by atoms with Crippen molar-refractivity contribution in [2.45, 2.75) is 38.6 Å². The monoisotopic (exact) mass is 211 g/mol. The second-order valence-electron chi connectivity index (χ2n) is 5.16. The highest BCUT2D eigenvalue weighted by Gasteiger charge is 2.37. The summed E-state index contributed by atoms with van der Waals surface area (Å²) in [7, 11) is 1.50. The molecular formula is C12H21NO2. The fourth-order valence-corrected chi connectivity index (χ4v) is 2.55. The third-order valence-electron chi connectivity index (χ3n) is 3.66. The van der Waals surface area contributed by atoms with Crippen LogP contribution in [0.5, 0.6) is 0 Å². The Bertz CT molecular complexity index is 238. The van der Waals surface area contributed by atoms with Crippen LogP contribution in [0.25, 0.3) is 0 Å². The molecular weight excluding hydrogens is 190 g/mol. The van der Waals surface area contributed by atoms with E-state index in [0.717, 1.165) is 25.3 Å². The lowest BCUT2D eigenvalue weighted by atomic mass is 9.83. The number of carbonyl (C=O) groups is 1. The van der Waals surface area contributed by atoms with Gasteiger partial charge in [-0.05, 0) is 31.2 Å². The van der Waals surface area contributed by atoms with Crippen molar-refractivity contribution in [2.24, 2.45) is 17.8 Å². The molecule has 0 aromatic heterocycles. The van der Waals surface area contributed by atoms with Crippen molar-refractivity contribution >= 4 is 5.97 Å². The molecule has 1 saturated heterocycles. The van der Waals surface area contributed by atoms with Gasteiger partial charge in [0.05, 0.1) is 13.0 Å². The number of methoxy groups -OCH3 is 1. The lowest BCUT2D eigenvalue weighted by molar-refractivity contribution is -0.148. The van der Waals surface area contributed by atoms with Crippen LogP contribution >= 0.6 is 0 Å². The summed E-state index contributed by atoms with van der Waals surface area (Å²) in [6.45, 7) is 3.24. The molecule has 0 radical (unpaired) electrons. The van der Waals surface area contributed by atoms with Gasteiger partial charge in [-0.25, -0.2) is 0 Å². The predicted molar refractivity (Wildman–Crippen MR) is 58.4 cm³/mol.